The van der Waals surface area contributed by atoms with Crippen LogP contribution in [0.5, 0.6) is 0 Å². The van der Waals surface area contributed by atoms with E-state index in [2.05, 4.69) is 48.5 Å². The summed E-state index contributed by atoms with van der Waals surface area (Å²) in [4.78, 5) is 2.27. The van der Waals surface area contributed by atoms with Crippen LogP contribution in [0, 0.1) is 0 Å². The summed E-state index contributed by atoms with van der Waals surface area (Å²) < 4.78 is 0. The Morgan fingerprint density at radius 3 is 2.38 bits per heavy atom. The molecule has 1 saturated heterocycles. The van der Waals surface area contributed by atoms with Gasteiger partial charge in [0.05, 0.1) is 0 Å². The van der Waals surface area contributed by atoms with Gasteiger partial charge in [-0.3, -0.25) is 0 Å². The number of nitrogens with zero attached hydrogens (tertiary/aromatic N) is 1. The topological polar surface area (TPSA) is 15.3 Å². The fraction of sp³-hybridized carbons (Fsp3) is 0.571. The van der Waals surface area contributed by atoms with Crippen molar-refractivity contribution >= 4 is 5.69 Å². The molecule has 1 aromatic rings. The van der Waals surface area contributed by atoms with Gasteiger partial charge in [-0.1, -0.05) is 12.1 Å². The third kappa shape index (κ3) is 2.56. The Kier molecular flexibility index (Phi) is 3.83. The smallest absolute Gasteiger partial charge is 0.0363 e. The third-order valence-electron chi connectivity index (χ3n) is 3.62. The van der Waals surface area contributed by atoms with E-state index >= 15 is 0 Å². The van der Waals surface area contributed by atoms with Gasteiger partial charge in [-0.25, -0.2) is 0 Å². The van der Waals surface area contributed by atoms with Gasteiger partial charge in [0.1, 0.15) is 0 Å². The van der Waals surface area contributed by atoms with E-state index in [1.54, 1.807) is 0 Å². The summed E-state index contributed by atoms with van der Waals surface area (Å²) in [6.45, 7) is 5.58. The van der Waals surface area contributed by atoms with Crippen molar-refractivity contribution in [3.8, 4) is 0 Å². The highest BCUT2D eigenvalue weighted by atomic mass is 15.1. The van der Waals surface area contributed by atoms with Crippen molar-refractivity contribution in [3.63, 3.8) is 0 Å². The molecule has 0 saturated carbocycles. The molecule has 0 unspecified atom stereocenters. The maximum Gasteiger partial charge on any atom is 0.0363 e. The quantitative estimate of drug-likeness (QED) is 0.839. The summed E-state index contributed by atoms with van der Waals surface area (Å²) in [6, 6.07) is 9.11. The van der Waals surface area contributed by atoms with Crippen LogP contribution >= 0.6 is 0 Å². The van der Waals surface area contributed by atoms with Crippen LogP contribution in [0.2, 0.25) is 0 Å². The number of nitrogens with one attached hydrogen (secondary N) is 1. The first kappa shape index (κ1) is 11.5. The van der Waals surface area contributed by atoms with Crippen LogP contribution in [0.4, 0.5) is 5.69 Å². The van der Waals surface area contributed by atoms with Gasteiger partial charge in [-0.15, -0.1) is 0 Å². The van der Waals surface area contributed by atoms with E-state index < -0.39 is 0 Å². The average Bonchev–Trinajstić information content (AvgIpc) is 2.39. The summed E-state index contributed by atoms with van der Waals surface area (Å²) in [5, 5.41) is 3.41. The number of piperidine rings is 1. The molecule has 0 radical (unpaired) electrons. The number of benzene rings is 1. The van der Waals surface area contributed by atoms with Crippen molar-refractivity contribution in [1.29, 1.82) is 0 Å². The van der Waals surface area contributed by atoms with Gasteiger partial charge in [-0.2, -0.15) is 0 Å². The van der Waals surface area contributed by atoms with Crippen molar-refractivity contribution in [2.45, 2.75) is 25.7 Å². The molecule has 0 atom stereocenters. The van der Waals surface area contributed by atoms with Crippen molar-refractivity contribution in [2.75, 3.05) is 31.6 Å². The SMILES string of the molecule is CCN(C)c1ccc(C2CCNCC2)cc1. The van der Waals surface area contributed by atoms with Gasteiger partial charge >= 0.3 is 0 Å². The average molecular weight is 218 g/mol. The van der Waals surface area contributed by atoms with E-state index in [0.29, 0.717) is 0 Å². The molecule has 2 rings (SSSR count). The molecule has 0 spiro atoms. The van der Waals surface area contributed by atoms with Crippen LogP contribution in [-0.4, -0.2) is 26.7 Å². The molecule has 2 nitrogen and oxygen atoms in total. The molecular weight excluding hydrogens is 196 g/mol. The Morgan fingerprint density at radius 1 is 1.19 bits per heavy atom. The van der Waals surface area contributed by atoms with Crippen LogP contribution in [0.15, 0.2) is 24.3 Å². The third-order valence-corrected chi connectivity index (χ3v) is 3.62. The van der Waals surface area contributed by atoms with Crippen LogP contribution in [-0.2, 0) is 0 Å². The zero-order valence-electron chi connectivity index (χ0n) is 10.4. The lowest BCUT2D eigenvalue weighted by Crippen LogP contribution is -2.26. The molecule has 0 amide bonds. The lowest BCUT2D eigenvalue weighted by molar-refractivity contribution is 0.460. The van der Waals surface area contributed by atoms with E-state index in [1.165, 1.54) is 37.2 Å². The standard InChI is InChI=1S/C14H22N2/c1-3-16(2)14-6-4-12(5-7-14)13-8-10-15-11-9-13/h4-7,13,15H,3,8-11H2,1-2H3. The Morgan fingerprint density at radius 2 is 1.81 bits per heavy atom. The lowest BCUT2D eigenvalue weighted by Gasteiger charge is -2.24. The second kappa shape index (κ2) is 5.35. The molecule has 0 aliphatic carbocycles. The first-order valence-electron chi connectivity index (χ1n) is 6.33. The minimum Gasteiger partial charge on any atom is -0.375 e. The van der Waals surface area contributed by atoms with Crippen LogP contribution in [0.25, 0.3) is 0 Å². The first-order chi connectivity index (χ1) is 7.81. The van der Waals surface area contributed by atoms with E-state index in [9.17, 15) is 0 Å². The molecule has 1 heterocycles. The maximum absolute atomic E-state index is 3.41. The molecule has 1 N–H and O–H groups in total. The molecule has 1 aliphatic heterocycles. The Labute approximate surface area is 98.7 Å². The van der Waals surface area contributed by atoms with E-state index in [4.69, 9.17) is 0 Å². The zero-order valence-corrected chi connectivity index (χ0v) is 10.4. The summed E-state index contributed by atoms with van der Waals surface area (Å²) in [6.07, 6.45) is 2.56. The molecule has 0 bridgehead atoms. The van der Waals surface area contributed by atoms with Gasteiger partial charge < -0.3 is 10.2 Å². The molecule has 2 heteroatoms. The Balaban J connectivity index is 2.06. The highest BCUT2D eigenvalue weighted by Gasteiger charge is 2.14. The number of hydrogen-bond donors (Lipinski definition) is 1. The molecule has 16 heavy (non-hydrogen) atoms. The lowest BCUT2D eigenvalue weighted by atomic mass is 9.90. The maximum atomic E-state index is 3.41. The van der Waals surface area contributed by atoms with Crippen molar-refractivity contribution in [2.24, 2.45) is 0 Å². The highest BCUT2D eigenvalue weighted by molar-refractivity contribution is 5.47. The van der Waals surface area contributed by atoms with Gasteiger partial charge in [-0.05, 0) is 56.5 Å². The van der Waals surface area contributed by atoms with Crippen molar-refractivity contribution < 1.29 is 0 Å². The van der Waals surface area contributed by atoms with Crippen LogP contribution < -0.4 is 10.2 Å². The molecule has 88 valence electrons. The molecule has 1 aliphatic rings. The summed E-state index contributed by atoms with van der Waals surface area (Å²) in [5.74, 6) is 0.766. The zero-order chi connectivity index (χ0) is 11.4. The van der Waals surface area contributed by atoms with Gasteiger partial charge in [0.2, 0.25) is 0 Å². The van der Waals surface area contributed by atoms with E-state index in [1.807, 2.05) is 0 Å². The molecular formula is C14H22N2. The monoisotopic (exact) mass is 218 g/mol. The van der Waals surface area contributed by atoms with E-state index in [0.717, 1.165) is 12.5 Å². The fourth-order valence-corrected chi connectivity index (χ4v) is 2.34. The van der Waals surface area contributed by atoms with Gasteiger partial charge in [0.15, 0.2) is 0 Å². The Hall–Kier alpha value is -1.02. The minimum absolute atomic E-state index is 0.766. The number of rotatable bonds is 3. The normalized spacial score (nSPS) is 17.4. The van der Waals surface area contributed by atoms with Crippen molar-refractivity contribution in [3.05, 3.63) is 29.8 Å². The second-order valence-corrected chi connectivity index (χ2v) is 4.63. The fourth-order valence-electron chi connectivity index (χ4n) is 2.34. The highest BCUT2D eigenvalue weighted by Crippen LogP contribution is 2.26. The number of hydrogen-bond acceptors (Lipinski definition) is 2. The van der Waals surface area contributed by atoms with Gasteiger partial charge in [0, 0.05) is 19.3 Å². The van der Waals surface area contributed by atoms with Crippen LogP contribution in [0.3, 0.4) is 0 Å². The van der Waals surface area contributed by atoms with E-state index in [-0.39, 0.29) is 0 Å². The Bertz CT molecular complexity index is 312. The largest absolute Gasteiger partial charge is 0.375 e. The van der Waals surface area contributed by atoms with Crippen LogP contribution in [0.1, 0.15) is 31.2 Å². The van der Waals surface area contributed by atoms with Crippen molar-refractivity contribution in [1.82, 2.24) is 5.32 Å². The summed E-state index contributed by atoms with van der Waals surface area (Å²) >= 11 is 0. The molecule has 1 fully saturated rings. The predicted molar refractivity (Wildman–Crippen MR) is 70.2 cm³/mol. The summed E-state index contributed by atoms with van der Waals surface area (Å²) in [7, 11) is 2.14. The van der Waals surface area contributed by atoms with Gasteiger partial charge in [0.25, 0.3) is 0 Å². The molecule has 0 aromatic heterocycles. The minimum atomic E-state index is 0.766. The molecule has 1 aromatic carbocycles. The second-order valence-electron chi connectivity index (χ2n) is 4.63. The predicted octanol–water partition coefficient (Wildman–Crippen LogP) is 2.61. The first-order valence-corrected chi connectivity index (χ1v) is 6.33. The number of anilines is 1. The summed E-state index contributed by atoms with van der Waals surface area (Å²) in [5.41, 5.74) is 2.83.